The number of rotatable bonds is 4. The Hall–Kier alpha value is -0.900. The van der Waals surface area contributed by atoms with E-state index in [1.54, 1.807) is 0 Å². The van der Waals surface area contributed by atoms with Gasteiger partial charge in [0.25, 0.3) is 0 Å². The van der Waals surface area contributed by atoms with E-state index in [9.17, 15) is 0 Å². The minimum atomic E-state index is 0.504. The Morgan fingerprint density at radius 3 is 2.76 bits per heavy atom. The maximum atomic E-state index is 3.71. The van der Waals surface area contributed by atoms with Gasteiger partial charge in [0, 0.05) is 18.6 Å². The SMILES string of the molecule is CCN1CCC(N(C)CC2NCCc3ccccc32)CC1. The Balaban J connectivity index is 1.60. The van der Waals surface area contributed by atoms with Gasteiger partial charge in [0.15, 0.2) is 0 Å². The van der Waals surface area contributed by atoms with E-state index in [0.29, 0.717) is 6.04 Å². The molecule has 21 heavy (non-hydrogen) atoms. The van der Waals surface area contributed by atoms with E-state index >= 15 is 0 Å². The molecule has 0 aliphatic carbocycles. The number of hydrogen-bond acceptors (Lipinski definition) is 3. The smallest absolute Gasteiger partial charge is 0.0452 e. The summed E-state index contributed by atoms with van der Waals surface area (Å²) in [4.78, 5) is 5.16. The van der Waals surface area contributed by atoms with Crippen molar-refractivity contribution in [2.24, 2.45) is 0 Å². The maximum absolute atomic E-state index is 3.71. The minimum Gasteiger partial charge on any atom is -0.309 e. The highest BCUT2D eigenvalue weighted by atomic mass is 15.2. The van der Waals surface area contributed by atoms with Gasteiger partial charge < -0.3 is 15.1 Å². The fraction of sp³-hybridized carbons (Fsp3) is 0.667. The summed E-state index contributed by atoms with van der Waals surface area (Å²) < 4.78 is 0. The van der Waals surface area contributed by atoms with Gasteiger partial charge in [0.05, 0.1) is 0 Å². The lowest BCUT2D eigenvalue weighted by Gasteiger charge is -2.39. The molecule has 1 aromatic carbocycles. The van der Waals surface area contributed by atoms with Crippen molar-refractivity contribution in [2.45, 2.75) is 38.3 Å². The number of nitrogens with one attached hydrogen (secondary N) is 1. The molecule has 2 aliphatic heterocycles. The van der Waals surface area contributed by atoms with Crippen molar-refractivity contribution in [3.8, 4) is 0 Å². The molecular formula is C18H29N3. The highest BCUT2D eigenvalue weighted by molar-refractivity contribution is 5.32. The predicted molar refractivity (Wildman–Crippen MR) is 88.7 cm³/mol. The van der Waals surface area contributed by atoms with Gasteiger partial charge in [0.1, 0.15) is 0 Å². The van der Waals surface area contributed by atoms with Crippen molar-refractivity contribution in [3.05, 3.63) is 35.4 Å². The highest BCUT2D eigenvalue weighted by Gasteiger charge is 2.26. The van der Waals surface area contributed by atoms with E-state index in [0.717, 1.165) is 19.1 Å². The monoisotopic (exact) mass is 287 g/mol. The largest absolute Gasteiger partial charge is 0.309 e. The van der Waals surface area contributed by atoms with Crippen molar-refractivity contribution in [1.82, 2.24) is 15.1 Å². The molecular weight excluding hydrogens is 258 g/mol. The summed E-state index contributed by atoms with van der Waals surface area (Å²) in [6.07, 6.45) is 3.81. The van der Waals surface area contributed by atoms with E-state index < -0.39 is 0 Å². The molecule has 1 N–H and O–H groups in total. The Morgan fingerprint density at radius 2 is 2.00 bits per heavy atom. The van der Waals surface area contributed by atoms with Gasteiger partial charge in [-0.3, -0.25) is 0 Å². The molecule has 0 aromatic heterocycles. The number of nitrogens with zero attached hydrogens (tertiary/aromatic N) is 2. The van der Waals surface area contributed by atoms with E-state index in [2.05, 4.69) is 53.4 Å². The Morgan fingerprint density at radius 1 is 1.24 bits per heavy atom. The van der Waals surface area contributed by atoms with Crippen molar-refractivity contribution in [1.29, 1.82) is 0 Å². The van der Waals surface area contributed by atoms with Gasteiger partial charge in [-0.25, -0.2) is 0 Å². The Kier molecular flexibility index (Phi) is 4.94. The lowest BCUT2D eigenvalue weighted by Crippen LogP contribution is -2.46. The van der Waals surface area contributed by atoms with Crippen LogP contribution in [-0.4, -0.2) is 55.6 Å². The van der Waals surface area contributed by atoms with Crippen LogP contribution in [0.2, 0.25) is 0 Å². The molecule has 116 valence electrons. The van der Waals surface area contributed by atoms with Gasteiger partial charge in [-0.05, 0) is 63.6 Å². The summed E-state index contributed by atoms with van der Waals surface area (Å²) in [6, 6.07) is 10.2. The molecule has 3 heteroatoms. The van der Waals surface area contributed by atoms with Crippen LogP contribution in [0.15, 0.2) is 24.3 Å². The van der Waals surface area contributed by atoms with Crippen LogP contribution in [0.5, 0.6) is 0 Å². The second-order valence-electron chi connectivity index (χ2n) is 6.56. The van der Waals surface area contributed by atoms with Gasteiger partial charge in [-0.1, -0.05) is 31.2 Å². The first-order valence-electron chi connectivity index (χ1n) is 8.51. The summed E-state index contributed by atoms with van der Waals surface area (Å²) in [6.45, 7) is 8.25. The number of piperidine rings is 1. The topological polar surface area (TPSA) is 18.5 Å². The predicted octanol–water partition coefficient (Wildman–Crippen LogP) is 2.29. The summed E-state index contributed by atoms with van der Waals surface area (Å²) in [5.41, 5.74) is 3.05. The lowest BCUT2D eigenvalue weighted by atomic mass is 9.93. The second kappa shape index (κ2) is 6.91. The summed E-state index contributed by atoms with van der Waals surface area (Å²) in [5.74, 6) is 0. The van der Waals surface area contributed by atoms with Crippen LogP contribution in [0, 0.1) is 0 Å². The number of likely N-dealkylation sites (tertiary alicyclic amines) is 1. The molecule has 1 aromatic rings. The maximum Gasteiger partial charge on any atom is 0.0452 e. The van der Waals surface area contributed by atoms with Gasteiger partial charge in [-0.15, -0.1) is 0 Å². The van der Waals surface area contributed by atoms with Crippen LogP contribution in [0.1, 0.15) is 36.9 Å². The molecule has 1 saturated heterocycles. The molecule has 0 spiro atoms. The molecule has 0 bridgehead atoms. The van der Waals surface area contributed by atoms with Crippen molar-refractivity contribution >= 4 is 0 Å². The van der Waals surface area contributed by atoms with Crippen molar-refractivity contribution in [2.75, 3.05) is 39.8 Å². The fourth-order valence-electron chi connectivity index (χ4n) is 3.87. The first-order valence-corrected chi connectivity index (χ1v) is 8.51. The number of benzene rings is 1. The van der Waals surface area contributed by atoms with Crippen molar-refractivity contribution in [3.63, 3.8) is 0 Å². The number of hydrogen-bond donors (Lipinski definition) is 1. The van der Waals surface area contributed by atoms with Gasteiger partial charge in [0.2, 0.25) is 0 Å². The second-order valence-corrected chi connectivity index (χ2v) is 6.56. The minimum absolute atomic E-state index is 0.504. The first-order chi connectivity index (χ1) is 10.3. The third-order valence-corrected chi connectivity index (χ3v) is 5.31. The normalized spacial score (nSPS) is 24.2. The molecule has 0 amide bonds. The molecule has 0 radical (unpaired) electrons. The molecule has 1 fully saturated rings. The number of likely N-dealkylation sites (N-methyl/N-ethyl adjacent to an activating group) is 1. The van der Waals surface area contributed by atoms with E-state index in [4.69, 9.17) is 0 Å². The lowest BCUT2D eigenvalue weighted by molar-refractivity contribution is 0.122. The van der Waals surface area contributed by atoms with Gasteiger partial charge in [-0.2, -0.15) is 0 Å². The summed E-state index contributed by atoms with van der Waals surface area (Å²) >= 11 is 0. The third-order valence-electron chi connectivity index (χ3n) is 5.31. The number of fused-ring (bicyclic) bond motifs is 1. The molecule has 0 saturated carbocycles. The summed E-state index contributed by atoms with van der Waals surface area (Å²) in [5, 5.41) is 3.71. The zero-order chi connectivity index (χ0) is 14.7. The summed E-state index contributed by atoms with van der Waals surface area (Å²) in [7, 11) is 2.31. The quantitative estimate of drug-likeness (QED) is 0.916. The molecule has 1 unspecified atom stereocenters. The zero-order valence-corrected chi connectivity index (χ0v) is 13.5. The van der Waals surface area contributed by atoms with E-state index in [1.165, 1.54) is 50.0 Å². The van der Waals surface area contributed by atoms with Crippen LogP contribution >= 0.6 is 0 Å². The molecule has 3 nitrogen and oxygen atoms in total. The first kappa shape index (κ1) is 15.0. The van der Waals surface area contributed by atoms with Gasteiger partial charge >= 0.3 is 0 Å². The van der Waals surface area contributed by atoms with Crippen LogP contribution < -0.4 is 5.32 Å². The van der Waals surface area contributed by atoms with Crippen molar-refractivity contribution < 1.29 is 0 Å². The van der Waals surface area contributed by atoms with E-state index in [1.807, 2.05) is 0 Å². The average Bonchev–Trinajstić information content (AvgIpc) is 2.55. The Bertz CT molecular complexity index is 452. The third kappa shape index (κ3) is 3.47. The molecule has 1 atom stereocenters. The van der Waals surface area contributed by atoms with Crippen LogP contribution in [0.25, 0.3) is 0 Å². The van der Waals surface area contributed by atoms with Crippen LogP contribution in [0.3, 0.4) is 0 Å². The van der Waals surface area contributed by atoms with Crippen LogP contribution in [-0.2, 0) is 6.42 Å². The Labute approximate surface area is 129 Å². The molecule has 2 aliphatic rings. The molecule has 2 heterocycles. The zero-order valence-electron chi connectivity index (χ0n) is 13.5. The fourth-order valence-corrected chi connectivity index (χ4v) is 3.87. The average molecular weight is 287 g/mol. The molecule has 3 rings (SSSR count). The van der Waals surface area contributed by atoms with Crippen LogP contribution in [0.4, 0.5) is 0 Å². The van der Waals surface area contributed by atoms with E-state index in [-0.39, 0.29) is 0 Å². The standard InChI is InChI=1S/C18H29N3/c1-3-21-12-9-16(10-13-21)20(2)14-18-17-7-5-4-6-15(17)8-11-19-18/h4-7,16,18-19H,3,8-14H2,1-2H3. The highest BCUT2D eigenvalue weighted by Crippen LogP contribution is 2.25.